The summed E-state index contributed by atoms with van der Waals surface area (Å²) in [7, 11) is 0. The molecule has 0 radical (unpaired) electrons. The normalized spacial score (nSPS) is 17.3. The van der Waals surface area contributed by atoms with Gasteiger partial charge in [0.05, 0.1) is 0 Å². The second kappa shape index (κ2) is 5.85. The van der Waals surface area contributed by atoms with Crippen molar-refractivity contribution in [3.05, 3.63) is 23.9 Å². The van der Waals surface area contributed by atoms with Crippen LogP contribution in [0.15, 0.2) is 18.3 Å². The van der Waals surface area contributed by atoms with E-state index in [4.69, 9.17) is 0 Å². The first kappa shape index (κ1) is 11.4. The number of hydrogen-bond donors (Lipinski definition) is 2. The number of nitrogens with one attached hydrogen (secondary N) is 2. The highest BCUT2D eigenvalue weighted by Gasteiger charge is 2.12. The smallest absolute Gasteiger partial charge is 0.128 e. The van der Waals surface area contributed by atoms with Gasteiger partial charge in [-0.15, -0.1) is 0 Å². The second-order valence-corrected chi connectivity index (χ2v) is 4.58. The number of piperidine rings is 1. The predicted octanol–water partition coefficient (Wildman–Crippen LogP) is 2.19. The van der Waals surface area contributed by atoms with E-state index in [9.17, 15) is 0 Å². The quantitative estimate of drug-likeness (QED) is 0.815. The van der Waals surface area contributed by atoms with Gasteiger partial charge in [-0.3, -0.25) is 0 Å². The standard InChI is InChI=1S/C13H21N3/c1-11-3-2-7-15-13(11)16-10-6-12-4-8-14-9-5-12/h2-3,7,12,14H,4-6,8-10H2,1H3,(H,15,16). The van der Waals surface area contributed by atoms with Crippen LogP contribution in [-0.2, 0) is 0 Å². The third-order valence-electron chi connectivity index (χ3n) is 3.31. The number of aryl methyl sites for hydroxylation is 1. The molecule has 0 unspecified atom stereocenters. The molecule has 0 aliphatic carbocycles. The number of hydrogen-bond acceptors (Lipinski definition) is 3. The van der Waals surface area contributed by atoms with Gasteiger partial charge >= 0.3 is 0 Å². The molecule has 1 aliphatic rings. The number of nitrogens with zero attached hydrogens (tertiary/aromatic N) is 1. The molecule has 3 heteroatoms. The maximum Gasteiger partial charge on any atom is 0.128 e. The van der Waals surface area contributed by atoms with Gasteiger partial charge in [-0.1, -0.05) is 6.07 Å². The molecule has 2 heterocycles. The summed E-state index contributed by atoms with van der Waals surface area (Å²) in [5, 5.41) is 6.83. The van der Waals surface area contributed by atoms with Gasteiger partial charge in [-0.25, -0.2) is 4.98 Å². The lowest BCUT2D eigenvalue weighted by Gasteiger charge is -2.22. The average Bonchev–Trinajstić information content (AvgIpc) is 2.33. The molecular weight excluding hydrogens is 198 g/mol. The molecule has 1 fully saturated rings. The lowest BCUT2D eigenvalue weighted by atomic mass is 9.95. The van der Waals surface area contributed by atoms with Crippen LogP contribution in [0.1, 0.15) is 24.8 Å². The van der Waals surface area contributed by atoms with E-state index in [1.165, 1.54) is 37.9 Å². The fourth-order valence-corrected chi connectivity index (χ4v) is 2.24. The van der Waals surface area contributed by atoms with Crippen molar-refractivity contribution >= 4 is 5.82 Å². The maximum absolute atomic E-state index is 4.34. The van der Waals surface area contributed by atoms with Gasteiger partial charge in [0.1, 0.15) is 5.82 Å². The Balaban J connectivity index is 1.73. The van der Waals surface area contributed by atoms with Crippen LogP contribution in [0.2, 0.25) is 0 Å². The fraction of sp³-hybridized carbons (Fsp3) is 0.615. The summed E-state index contributed by atoms with van der Waals surface area (Å²) < 4.78 is 0. The van der Waals surface area contributed by atoms with Gasteiger partial charge in [-0.2, -0.15) is 0 Å². The molecule has 0 bridgehead atoms. The Kier molecular flexibility index (Phi) is 4.17. The third kappa shape index (κ3) is 3.20. The predicted molar refractivity (Wildman–Crippen MR) is 67.7 cm³/mol. The minimum atomic E-state index is 0.887. The average molecular weight is 219 g/mol. The van der Waals surface area contributed by atoms with Crippen LogP contribution < -0.4 is 10.6 Å². The zero-order valence-electron chi connectivity index (χ0n) is 10.00. The highest BCUT2D eigenvalue weighted by atomic mass is 15.0. The number of pyridine rings is 1. The summed E-state index contributed by atoms with van der Waals surface area (Å²) >= 11 is 0. The van der Waals surface area contributed by atoms with Crippen LogP contribution >= 0.6 is 0 Å². The van der Waals surface area contributed by atoms with Crippen molar-refractivity contribution in [1.29, 1.82) is 0 Å². The molecule has 88 valence electrons. The van der Waals surface area contributed by atoms with E-state index in [0.29, 0.717) is 0 Å². The molecule has 1 aromatic rings. The van der Waals surface area contributed by atoms with E-state index in [0.717, 1.165) is 18.3 Å². The van der Waals surface area contributed by atoms with Gasteiger partial charge in [0, 0.05) is 12.7 Å². The largest absolute Gasteiger partial charge is 0.370 e. The van der Waals surface area contributed by atoms with E-state index in [1.807, 2.05) is 12.3 Å². The summed E-state index contributed by atoms with van der Waals surface area (Å²) in [6.07, 6.45) is 5.75. The van der Waals surface area contributed by atoms with E-state index in [2.05, 4.69) is 28.6 Å². The Bertz CT molecular complexity index is 319. The van der Waals surface area contributed by atoms with Crippen LogP contribution in [0, 0.1) is 12.8 Å². The van der Waals surface area contributed by atoms with Gasteiger partial charge in [-0.05, 0) is 56.8 Å². The first-order valence-electron chi connectivity index (χ1n) is 6.22. The number of anilines is 1. The number of rotatable bonds is 4. The van der Waals surface area contributed by atoms with E-state index < -0.39 is 0 Å². The van der Waals surface area contributed by atoms with Gasteiger partial charge in [0.2, 0.25) is 0 Å². The Hall–Kier alpha value is -1.09. The van der Waals surface area contributed by atoms with Crippen LogP contribution in [-0.4, -0.2) is 24.6 Å². The summed E-state index contributed by atoms with van der Waals surface area (Å²) in [6, 6.07) is 4.08. The Morgan fingerprint density at radius 2 is 2.25 bits per heavy atom. The van der Waals surface area contributed by atoms with E-state index in [1.54, 1.807) is 0 Å². The number of aromatic nitrogens is 1. The first-order valence-corrected chi connectivity index (χ1v) is 6.22. The fourth-order valence-electron chi connectivity index (χ4n) is 2.24. The first-order chi connectivity index (χ1) is 7.86. The second-order valence-electron chi connectivity index (χ2n) is 4.58. The molecule has 3 nitrogen and oxygen atoms in total. The molecule has 0 aromatic carbocycles. The molecule has 1 aliphatic heterocycles. The minimum absolute atomic E-state index is 0.887. The molecule has 16 heavy (non-hydrogen) atoms. The van der Waals surface area contributed by atoms with Gasteiger partial charge in [0.25, 0.3) is 0 Å². The summed E-state index contributed by atoms with van der Waals surface area (Å²) in [5.41, 5.74) is 1.23. The Morgan fingerprint density at radius 3 is 3.00 bits per heavy atom. The molecule has 0 saturated carbocycles. The lowest BCUT2D eigenvalue weighted by Crippen LogP contribution is -2.28. The van der Waals surface area contributed by atoms with Gasteiger partial charge < -0.3 is 10.6 Å². The SMILES string of the molecule is Cc1cccnc1NCCC1CCNCC1. The summed E-state index contributed by atoms with van der Waals surface area (Å²) in [5.74, 6) is 1.93. The summed E-state index contributed by atoms with van der Waals surface area (Å²) in [6.45, 7) is 5.52. The highest BCUT2D eigenvalue weighted by Crippen LogP contribution is 2.16. The van der Waals surface area contributed by atoms with Crippen molar-refractivity contribution in [3.63, 3.8) is 0 Å². The molecule has 1 aromatic heterocycles. The van der Waals surface area contributed by atoms with Crippen molar-refractivity contribution in [1.82, 2.24) is 10.3 Å². The third-order valence-corrected chi connectivity index (χ3v) is 3.31. The van der Waals surface area contributed by atoms with E-state index >= 15 is 0 Å². The van der Waals surface area contributed by atoms with Crippen molar-refractivity contribution in [2.24, 2.45) is 5.92 Å². The zero-order valence-corrected chi connectivity index (χ0v) is 10.00. The topological polar surface area (TPSA) is 37.0 Å². The molecule has 2 N–H and O–H groups in total. The van der Waals surface area contributed by atoms with Crippen LogP contribution in [0.5, 0.6) is 0 Å². The molecule has 2 rings (SSSR count). The van der Waals surface area contributed by atoms with Crippen LogP contribution in [0.4, 0.5) is 5.82 Å². The maximum atomic E-state index is 4.34. The van der Waals surface area contributed by atoms with Gasteiger partial charge in [0.15, 0.2) is 0 Å². The van der Waals surface area contributed by atoms with Crippen molar-refractivity contribution in [2.75, 3.05) is 25.0 Å². The van der Waals surface area contributed by atoms with Crippen molar-refractivity contribution in [2.45, 2.75) is 26.2 Å². The van der Waals surface area contributed by atoms with Crippen LogP contribution in [0.25, 0.3) is 0 Å². The molecule has 0 spiro atoms. The van der Waals surface area contributed by atoms with Crippen molar-refractivity contribution < 1.29 is 0 Å². The molecule has 0 amide bonds. The van der Waals surface area contributed by atoms with E-state index in [-0.39, 0.29) is 0 Å². The monoisotopic (exact) mass is 219 g/mol. The molecule has 1 saturated heterocycles. The highest BCUT2D eigenvalue weighted by molar-refractivity contribution is 5.42. The molecule has 0 atom stereocenters. The summed E-state index contributed by atoms with van der Waals surface area (Å²) in [4.78, 5) is 4.34. The lowest BCUT2D eigenvalue weighted by molar-refractivity contribution is 0.361. The van der Waals surface area contributed by atoms with Crippen molar-refractivity contribution in [3.8, 4) is 0 Å². The zero-order chi connectivity index (χ0) is 11.2. The molecular formula is C13H21N3. The minimum Gasteiger partial charge on any atom is -0.370 e. The Labute approximate surface area is 97.7 Å². The van der Waals surface area contributed by atoms with Crippen LogP contribution in [0.3, 0.4) is 0 Å². The Morgan fingerprint density at radius 1 is 1.44 bits per heavy atom.